The van der Waals surface area contributed by atoms with E-state index in [1.54, 1.807) is 19.1 Å². The maximum atomic E-state index is 12.6. The first-order valence-electron chi connectivity index (χ1n) is 6.02. The van der Waals surface area contributed by atoms with E-state index in [0.29, 0.717) is 0 Å². The van der Waals surface area contributed by atoms with Crippen molar-refractivity contribution in [2.45, 2.75) is 20.0 Å². The average Bonchev–Trinajstić information content (AvgIpc) is 2.38. The van der Waals surface area contributed by atoms with Gasteiger partial charge in [-0.3, -0.25) is 5.41 Å². The van der Waals surface area contributed by atoms with Gasteiger partial charge in [0.05, 0.1) is 12.3 Å². The highest BCUT2D eigenvalue weighted by molar-refractivity contribution is 6.25. The number of aliphatic hydroxyl groups is 1. The normalized spacial score (nSPS) is 12.6. The lowest BCUT2D eigenvalue weighted by Crippen LogP contribution is -2.24. The predicted molar refractivity (Wildman–Crippen MR) is 70.4 cm³/mol. The lowest BCUT2D eigenvalue weighted by Gasteiger charge is -2.13. The van der Waals surface area contributed by atoms with Crippen LogP contribution < -0.4 is 0 Å². The molecule has 0 amide bonds. The van der Waals surface area contributed by atoms with Gasteiger partial charge in [-0.2, -0.15) is 13.2 Å². The lowest BCUT2D eigenvalue weighted by molar-refractivity contribution is -0.141. The summed E-state index contributed by atoms with van der Waals surface area (Å²) in [4.78, 5) is 11.6. The molecule has 0 spiro atoms. The van der Waals surface area contributed by atoms with E-state index in [1.165, 1.54) is 19.1 Å². The molecule has 0 aromatic heterocycles. The summed E-state index contributed by atoms with van der Waals surface area (Å²) in [5.41, 5.74) is -1.04. The van der Waals surface area contributed by atoms with Crippen LogP contribution in [-0.2, 0) is 9.53 Å². The fourth-order valence-electron chi connectivity index (χ4n) is 1.53. The van der Waals surface area contributed by atoms with E-state index in [0.717, 1.165) is 5.56 Å². The van der Waals surface area contributed by atoms with E-state index in [4.69, 9.17) is 5.41 Å². The third-order valence-electron chi connectivity index (χ3n) is 2.58. The first-order chi connectivity index (χ1) is 9.68. The first kappa shape index (κ1) is 16.7. The summed E-state index contributed by atoms with van der Waals surface area (Å²) in [6.45, 7) is 3.01. The molecule has 2 N–H and O–H groups in total. The van der Waals surface area contributed by atoms with E-state index < -0.39 is 29.2 Å². The Morgan fingerprint density at radius 1 is 1.29 bits per heavy atom. The number of carbonyl (C=O) groups is 1. The Bertz CT molecular complexity index is 574. The van der Waals surface area contributed by atoms with Crippen molar-refractivity contribution in [3.63, 3.8) is 0 Å². The number of benzene rings is 1. The van der Waals surface area contributed by atoms with Gasteiger partial charge in [-0.1, -0.05) is 29.8 Å². The van der Waals surface area contributed by atoms with Crippen molar-refractivity contribution in [2.75, 3.05) is 6.61 Å². The molecule has 0 radical (unpaired) electrons. The van der Waals surface area contributed by atoms with Crippen molar-refractivity contribution in [1.82, 2.24) is 0 Å². The largest absolute Gasteiger partial charge is 0.504 e. The van der Waals surface area contributed by atoms with Gasteiger partial charge >= 0.3 is 12.1 Å². The Hall–Kier alpha value is -2.31. The number of aryl methyl sites for hydroxylation is 1. The SMILES string of the molecule is CCOC(=O)C(C(=N)c1ccc(C)cc1)=C(O)C(F)(F)F. The molecule has 0 saturated carbocycles. The van der Waals surface area contributed by atoms with Crippen molar-refractivity contribution >= 4 is 11.7 Å². The minimum atomic E-state index is -5.14. The number of allylic oxidation sites excluding steroid dienone is 1. The molecule has 1 rings (SSSR count). The van der Waals surface area contributed by atoms with Gasteiger partial charge in [-0.25, -0.2) is 4.79 Å². The zero-order valence-electron chi connectivity index (χ0n) is 11.4. The summed E-state index contributed by atoms with van der Waals surface area (Å²) in [6.07, 6.45) is -5.14. The number of alkyl halides is 3. The molecule has 0 fully saturated rings. The molecule has 0 atom stereocenters. The number of aliphatic hydroxyl groups excluding tert-OH is 1. The summed E-state index contributed by atoms with van der Waals surface area (Å²) in [5, 5.41) is 17.0. The highest BCUT2D eigenvalue weighted by Gasteiger charge is 2.40. The highest BCUT2D eigenvalue weighted by Crippen LogP contribution is 2.28. The van der Waals surface area contributed by atoms with Crippen LogP contribution in [0.2, 0.25) is 0 Å². The third kappa shape index (κ3) is 4.08. The van der Waals surface area contributed by atoms with Crippen LogP contribution in [0.15, 0.2) is 35.6 Å². The number of carbonyl (C=O) groups excluding carboxylic acids is 1. The van der Waals surface area contributed by atoms with E-state index in [-0.39, 0.29) is 12.2 Å². The molecule has 0 bridgehead atoms. The molecule has 21 heavy (non-hydrogen) atoms. The maximum absolute atomic E-state index is 12.6. The van der Waals surface area contributed by atoms with Crippen molar-refractivity contribution in [1.29, 1.82) is 5.41 Å². The number of ether oxygens (including phenoxy) is 1. The van der Waals surface area contributed by atoms with Gasteiger partial charge in [-0.15, -0.1) is 0 Å². The summed E-state index contributed by atoms with van der Waals surface area (Å²) >= 11 is 0. The molecule has 1 aromatic carbocycles. The third-order valence-corrected chi connectivity index (χ3v) is 2.58. The van der Waals surface area contributed by atoms with Crippen molar-refractivity contribution < 1.29 is 27.8 Å². The summed E-state index contributed by atoms with van der Waals surface area (Å²) in [6, 6.07) is 5.94. The van der Waals surface area contributed by atoms with E-state index >= 15 is 0 Å². The molecule has 4 nitrogen and oxygen atoms in total. The second kappa shape index (κ2) is 6.43. The Kier molecular flexibility index (Phi) is 5.12. The van der Waals surface area contributed by atoms with Gasteiger partial charge in [0.15, 0.2) is 0 Å². The second-order valence-electron chi connectivity index (χ2n) is 4.18. The van der Waals surface area contributed by atoms with Crippen LogP contribution in [0.25, 0.3) is 0 Å². The van der Waals surface area contributed by atoms with Crippen LogP contribution in [-0.4, -0.2) is 29.6 Å². The average molecular weight is 301 g/mol. The molecule has 7 heteroatoms. The summed E-state index contributed by atoms with van der Waals surface area (Å²) < 4.78 is 42.4. The maximum Gasteiger partial charge on any atom is 0.449 e. The van der Waals surface area contributed by atoms with Gasteiger partial charge in [0.25, 0.3) is 0 Å². The monoisotopic (exact) mass is 301 g/mol. The molecule has 1 aromatic rings. The quantitative estimate of drug-likeness (QED) is 0.388. The zero-order valence-corrected chi connectivity index (χ0v) is 11.4. The van der Waals surface area contributed by atoms with Gasteiger partial charge < -0.3 is 9.84 Å². The molecule has 0 aliphatic carbocycles. The Labute approximate surface area is 119 Å². The van der Waals surface area contributed by atoms with Crippen LogP contribution in [0.4, 0.5) is 13.2 Å². The molecular weight excluding hydrogens is 287 g/mol. The standard InChI is InChI=1S/C14H14F3NO3/c1-3-21-13(20)10(12(19)14(15,16)17)11(18)9-6-4-8(2)5-7-9/h4-7,18-19H,3H2,1-2H3. The lowest BCUT2D eigenvalue weighted by atomic mass is 10.00. The van der Waals surface area contributed by atoms with Gasteiger partial charge in [0, 0.05) is 5.56 Å². The zero-order chi connectivity index (χ0) is 16.2. The topological polar surface area (TPSA) is 70.4 Å². The number of nitrogens with one attached hydrogen (secondary N) is 1. The molecule has 0 saturated heterocycles. The minimum Gasteiger partial charge on any atom is -0.504 e. The van der Waals surface area contributed by atoms with Crippen LogP contribution in [0.5, 0.6) is 0 Å². The smallest absolute Gasteiger partial charge is 0.449 e. The van der Waals surface area contributed by atoms with Crippen molar-refractivity contribution in [2.24, 2.45) is 0 Å². The molecule has 0 aliphatic rings. The fourth-order valence-corrected chi connectivity index (χ4v) is 1.53. The molecule has 0 aliphatic heterocycles. The molecule has 114 valence electrons. The first-order valence-corrected chi connectivity index (χ1v) is 6.02. The van der Waals surface area contributed by atoms with Crippen LogP contribution in [0.1, 0.15) is 18.1 Å². The number of rotatable bonds is 4. The van der Waals surface area contributed by atoms with E-state index in [1.807, 2.05) is 0 Å². The van der Waals surface area contributed by atoms with E-state index in [2.05, 4.69) is 4.74 Å². The number of hydrogen-bond acceptors (Lipinski definition) is 4. The Morgan fingerprint density at radius 2 is 1.81 bits per heavy atom. The minimum absolute atomic E-state index is 0.0689. The van der Waals surface area contributed by atoms with Gasteiger partial charge in [-0.05, 0) is 13.8 Å². The van der Waals surface area contributed by atoms with Gasteiger partial charge in [0.1, 0.15) is 5.57 Å². The predicted octanol–water partition coefficient (Wildman–Crippen LogP) is 3.30. The fraction of sp³-hybridized carbons (Fsp3) is 0.286. The summed E-state index contributed by atoms with van der Waals surface area (Å²) in [5.74, 6) is -3.52. The Balaban J connectivity index is 3.34. The molecular formula is C14H14F3NO3. The van der Waals surface area contributed by atoms with Gasteiger partial charge in [0.2, 0.25) is 5.76 Å². The van der Waals surface area contributed by atoms with Crippen molar-refractivity contribution in [3.05, 3.63) is 46.7 Å². The van der Waals surface area contributed by atoms with Crippen LogP contribution in [0, 0.1) is 12.3 Å². The molecule has 0 unspecified atom stereocenters. The summed E-state index contributed by atoms with van der Waals surface area (Å²) in [7, 11) is 0. The number of esters is 1. The van der Waals surface area contributed by atoms with Crippen molar-refractivity contribution in [3.8, 4) is 0 Å². The van der Waals surface area contributed by atoms with Crippen LogP contribution >= 0.6 is 0 Å². The Morgan fingerprint density at radius 3 is 2.24 bits per heavy atom. The highest BCUT2D eigenvalue weighted by atomic mass is 19.4. The molecule has 0 heterocycles. The number of hydrogen-bond donors (Lipinski definition) is 2. The second-order valence-corrected chi connectivity index (χ2v) is 4.18. The number of halogens is 3. The van der Waals surface area contributed by atoms with Crippen LogP contribution in [0.3, 0.4) is 0 Å². The van der Waals surface area contributed by atoms with E-state index in [9.17, 15) is 23.1 Å².